The van der Waals surface area contributed by atoms with E-state index in [9.17, 15) is 35.1 Å². The molecule has 1 aliphatic heterocycles. The van der Waals surface area contributed by atoms with E-state index < -0.39 is 49.5 Å². The maximum Gasteiger partial charge on any atom is 0.305 e. The van der Waals surface area contributed by atoms with Crippen molar-refractivity contribution < 1.29 is 49.3 Å². The van der Waals surface area contributed by atoms with Gasteiger partial charge < -0.3 is 45.1 Å². The van der Waals surface area contributed by atoms with Crippen LogP contribution in [-0.4, -0.2) is 100 Å². The summed E-state index contributed by atoms with van der Waals surface area (Å²) in [6.07, 6.45) is 83.5. The van der Waals surface area contributed by atoms with Crippen molar-refractivity contribution in [2.45, 2.75) is 455 Å². The van der Waals surface area contributed by atoms with Crippen LogP contribution in [0.3, 0.4) is 0 Å². The molecule has 0 aromatic heterocycles. The molecule has 0 saturated carbocycles. The average molecular weight is 1320 g/mol. The first-order valence-corrected chi connectivity index (χ1v) is 40.8. The first kappa shape index (κ1) is 88.9. The summed E-state index contributed by atoms with van der Waals surface area (Å²) in [4.78, 5) is 25.2. The molecule has 1 heterocycles. The summed E-state index contributed by atoms with van der Waals surface area (Å²) in [6.45, 7) is 4.34. The number of amides is 1. The molecule has 11 nitrogen and oxygen atoms in total. The highest BCUT2D eigenvalue weighted by Gasteiger charge is 2.44. The highest BCUT2D eigenvalue weighted by molar-refractivity contribution is 5.76. The molecule has 0 aromatic rings. The molecule has 1 amide bonds. The van der Waals surface area contributed by atoms with Gasteiger partial charge in [-0.1, -0.05) is 371 Å². The van der Waals surface area contributed by atoms with Gasteiger partial charge in [-0.15, -0.1) is 0 Å². The molecule has 0 bridgehead atoms. The summed E-state index contributed by atoms with van der Waals surface area (Å²) >= 11 is 0. The normalized spacial score (nSPS) is 17.6. The fourth-order valence-corrected chi connectivity index (χ4v) is 13.1. The summed E-state index contributed by atoms with van der Waals surface area (Å²) in [5.41, 5.74) is 0. The Labute approximate surface area is 574 Å². The molecule has 0 aromatic carbocycles. The van der Waals surface area contributed by atoms with E-state index in [1.807, 2.05) is 6.08 Å². The number of rotatable bonds is 73. The van der Waals surface area contributed by atoms with E-state index >= 15 is 0 Å². The predicted molar refractivity (Wildman–Crippen MR) is 394 cm³/mol. The van der Waals surface area contributed by atoms with Crippen molar-refractivity contribution in [3.05, 3.63) is 36.5 Å². The summed E-state index contributed by atoms with van der Waals surface area (Å²) in [5, 5.41) is 54.4. The number of nitrogens with one attached hydrogen (secondary N) is 1. The summed E-state index contributed by atoms with van der Waals surface area (Å²) in [6, 6.07) is -0.804. The lowest BCUT2D eigenvalue weighted by molar-refractivity contribution is -0.302. The lowest BCUT2D eigenvalue weighted by atomic mass is 9.99. The van der Waals surface area contributed by atoms with Crippen LogP contribution in [0.5, 0.6) is 0 Å². The van der Waals surface area contributed by atoms with Crippen LogP contribution in [0.4, 0.5) is 0 Å². The zero-order chi connectivity index (χ0) is 67.2. The van der Waals surface area contributed by atoms with E-state index in [4.69, 9.17) is 14.2 Å². The molecular weight excluding hydrogens is 1160 g/mol. The molecule has 1 aliphatic rings. The smallest absolute Gasteiger partial charge is 0.305 e. The molecule has 7 atom stereocenters. The highest BCUT2D eigenvalue weighted by atomic mass is 16.7. The minimum absolute atomic E-state index is 0.0140. The van der Waals surface area contributed by atoms with Crippen molar-refractivity contribution in [1.82, 2.24) is 5.32 Å². The van der Waals surface area contributed by atoms with Gasteiger partial charge in [-0.25, -0.2) is 0 Å². The number of aliphatic hydroxyl groups excluding tert-OH is 5. The first-order chi connectivity index (χ1) is 45.7. The van der Waals surface area contributed by atoms with Gasteiger partial charge in [-0.2, -0.15) is 0 Å². The van der Waals surface area contributed by atoms with Gasteiger partial charge in [0.15, 0.2) is 6.29 Å². The number of carbonyl (C=O) groups excluding carboxylic acids is 2. The Bertz CT molecular complexity index is 1640. The second-order valence-corrected chi connectivity index (χ2v) is 28.5. The number of unbranched alkanes of at least 4 members (excludes halogenated alkanes) is 55. The number of aliphatic hydroxyl groups is 5. The first-order valence-electron chi connectivity index (χ1n) is 40.8. The van der Waals surface area contributed by atoms with Gasteiger partial charge in [0.2, 0.25) is 5.91 Å². The zero-order valence-corrected chi connectivity index (χ0v) is 61.2. The lowest BCUT2D eigenvalue weighted by Crippen LogP contribution is -2.60. The van der Waals surface area contributed by atoms with E-state index in [-0.39, 0.29) is 18.5 Å². The lowest BCUT2D eigenvalue weighted by Gasteiger charge is -2.40. The number of ether oxygens (including phenoxy) is 3. The molecule has 1 fully saturated rings. The molecule has 6 N–H and O–H groups in total. The monoisotopic (exact) mass is 1310 g/mol. The molecule has 7 unspecified atom stereocenters. The number of hydrogen-bond acceptors (Lipinski definition) is 10. The van der Waals surface area contributed by atoms with Crippen molar-refractivity contribution in [2.24, 2.45) is 0 Å². The minimum Gasteiger partial charge on any atom is -0.466 e. The predicted octanol–water partition coefficient (Wildman–Crippen LogP) is 22.1. The van der Waals surface area contributed by atoms with Gasteiger partial charge in [0.05, 0.1) is 32.0 Å². The van der Waals surface area contributed by atoms with E-state index in [2.05, 4.69) is 43.5 Å². The molecule has 0 aliphatic carbocycles. The van der Waals surface area contributed by atoms with Crippen LogP contribution >= 0.6 is 0 Å². The minimum atomic E-state index is -1.57. The molecule has 1 rings (SSSR count). The third-order valence-electron chi connectivity index (χ3n) is 19.5. The van der Waals surface area contributed by atoms with Crippen LogP contribution in [-0.2, 0) is 23.8 Å². The van der Waals surface area contributed by atoms with Crippen molar-refractivity contribution in [1.29, 1.82) is 0 Å². The number of allylic oxidation sites excluding steroid dienone is 5. The Morgan fingerprint density at radius 1 is 0.398 bits per heavy atom. The fraction of sp³-hybridized carbons (Fsp3) is 0.902. The van der Waals surface area contributed by atoms with Gasteiger partial charge in [0.1, 0.15) is 24.4 Å². The third-order valence-corrected chi connectivity index (χ3v) is 19.5. The zero-order valence-electron chi connectivity index (χ0n) is 61.2. The van der Waals surface area contributed by atoms with Crippen LogP contribution in [0.15, 0.2) is 36.5 Å². The van der Waals surface area contributed by atoms with Crippen LogP contribution in [0.2, 0.25) is 0 Å². The van der Waals surface area contributed by atoms with Crippen LogP contribution in [0.1, 0.15) is 412 Å². The van der Waals surface area contributed by atoms with Crippen molar-refractivity contribution >= 4 is 11.9 Å². The largest absolute Gasteiger partial charge is 0.466 e. The van der Waals surface area contributed by atoms with E-state index in [0.717, 1.165) is 64.2 Å². The number of esters is 1. The van der Waals surface area contributed by atoms with Crippen molar-refractivity contribution in [3.63, 3.8) is 0 Å². The van der Waals surface area contributed by atoms with Crippen molar-refractivity contribution in [2.75, 3.05) is 19.8 Å². The second kappa shape index (κ2) is 71.2. The van der Waals surface area contributed by atoms with Crippen LogP contribution < -0.4 is 5.32 Å². The maximum absolute atomic E-state index is 13.0. The van der Waals surface area contributed by atoms with Crippen molar-refractivity contribution in [3.8, 4) is 0 Å². The van der Waals surface area contributed by atoms with E-state index in [0.29, 0.717) is 19.4 Å². The quantitative estimate of drug-likeness (QED) is 0.0195. The summed E-state index contributed by atoms with van der Waals surface area (Å²) < 4.78 is 16.8. The Morgan fingerprint density at radius 3 is 1.11 bits per heavy atom. The van der Waals surface area contributed by atoms with E-state index in [1.165, 1.54) is 321 Å². The number of hydrogen-bond donors (Lipinski definition) is 6. The molecule has 548 valence electrons. The van der Waals surface area contributed by atoms with Gasteiger partial charge >= 0.3 is 5.97 Å². The molecule has 0 radical (unpaired) electrons. The average Bonchev–Trinajstić information content (AvgIpc) is 0.878. The Kier molecular flexibility index (Phi) is 68.0. The van der Waals surface area contributed by atoms with Gasteiger partial charge in [0, 0.05) is 12.8 Å². The SMILES string of the molecule is CCCCC/C=C\C/C=C\CCCCCCCCCCCC(=O)OCCCCCCCCCCCCCCCCCCCCCCCCCCCCCCCCCCCCCCCC(=O)NC(COC1OC(CO)C(O)C(O)C1O)C(O)/C=C/CCCCCCCCC. The molecule has 93 heavy (non-hydrogen) atoms. The third kappa shape index (κ3) is 59.6. The fourth-order valence-electron chi connectivity index (χ4n) is 13.1. The number of carbonyl (C=O) groups is 2. The molecular formula is C82H155NO10. The highest BCUT2D eigenvalue weighted by Crippen LogP contribution is 2.24. The van der Waals surface area contributed by atoms with Crippen LogP contribution in [0, 0.1) is 0 Å². The van der Waals surface area contributed by atoms with Gasteiger partial charge in [-0.3, -0.25) is 9.59 Å². The van der Waals surface area contributed by atoms with Crippen LogP contribution in [0.25, 0.3) is 0 Å². The molecule has 1 saturated heterocycles. The summed E-state index contributed by atoms with van der Waals surface area (Å²) in [5.74, 6) is -0.162. The van der Waals surface area contributed by atoms with Gasteiger partial charge in [-0.05, 0) is 64.2 Å². The van der Waals surface area contributed by atoms with E-state index in [1.54, 1.807) is 6.08 Å². The second-order valence-electron chi connectivity index (χ2n) is 28.5. The Hall–Kier alpha value is -2.12. The molecule has 0 spiro atoms. The topological polar surface area (TPSA) is 175 Å². The molecule has 11 heteroatoms. The standard InChI is InChI=1S/C82H155NO10/c1-3-5-7-9-11-13-14-15-16-17-37-41-44-47-50-54-58-62-66-70-78(87)91-71-67-63-59-55-51-48-45-42-39-36-34-32-30-28-26-24-22-20-18-19-21-23-25-27-29-31-33-35-38-40-43-46-49-53-57-61-65-69-77(86)83-74(75(85)68-64-60-56-52-12-10-8-6-4-2)73-92-82-81(90)80(89)79(88)76(72-84)93-82/h11,13,15-16,64,68,74-76,79-82,84-85,88-90H,3-10,12,14,17-63,65-67,69-73H2,1-2H3,(H,83,86)/b13-11-,16-15-,68-64+. The Balaban J connectivity index is 1.82. The summed E-state index contributed by atoms with van der Waals surface area (Å²) in [7, 11) is 0. The van der Waals surface area contributed by atoms with Gasteiger partial charge in [0.25, 0.3) is 0 Å². The Morgan fingerprint density at radius 2 is 0.720 bits per heavy atom. The maximum atomic E-state index is 13.0.